The summed E-state index contributed by atoms with van der Waals surface area (Å²) in [5.74, 6) is -0.313. The number of nitrogens with zero attached hydrogens (tertiary/aromatic N) is 1. The first-order valence-electron chi connectivity index (χ1n) is 8.82. The van der Waals surface area contributed by atoms with Gasteiger partial charge >= 0.3 is 0 Å². The lowest BCUT2D eigenvalue weighted by Crippen LogP contribution is -2.37. The summed E-state index contributed by atoms with van der Waals surface area (Å²) in [6.07, 6.45) is 2.35. The first-order chi connectivity index (χ1) is 12.9. The van der Waals surface area contributed by atoms with Crippen molar-refractivity contribution in [2.45, 2.75) is 18.9 Å². The van der Waals surface area contributed by atoms with E-state index in [9.17, 15) is 9.18 Å². The van der Waals surface area contributed by atoms with Crippen molar-refractivity contribution in [3.8, 4) is 0 Å². The highest BCUT2D eigenvalue weighted by molar-refractivity contribution is 6.31. The Kier molecular flexibility index (Phi) is 4.44. The number of rotatable bonds is 3. The molecule has 3 aromatic rings. The summed E-state index contributed by atoms with van der Waals surface area (Å²) in [5.41, 5.74) is 1.17. The maximum Gasteiger partial charge on any atom is 0.258 e. The molecule has 4 nitrogen and oxygen atoms in total. The Bertz CT molecular complexity index is 1090. The van der Waals surface area contributed by atoms with Crippen molar-refractivity contribution in [2.24, 2.45) is 7.05 Å². The summed E-state index contributed by atoms with van der Waals surface area (Å²) >= 11 is 6.27. The van der Waals surface area contributed by atoms with E-state index in [0.717, 1.165) is 11.1 Å². The summed E-state index contributed by atoms with van der Waals surface area (Å²) < 4.78 is 22.0. The van der Waals surface area contributed by atoms with Crippen molar-refractivity contribution in [2.75, 3.05) is 18.5 Å². The first kappa shape index (κ1) is 18.0. The number of fused-ring (bicyclic) bond motifs is 1. The number of hydrogen-bond acceptors (Lipinski definition) is 3. The van der Waals surface area contributed by atoms with Crippen molar-refractivity contribution < 1.29 is 9.13 Å². The summed E-state index contributed by atoms with van der Waals surface area (Å²) in [6.45, 7) is 2.67. The number of hydrogen-bond donors (Lipinski definition) is 1. The molecule has 0 unspecified atom stereocenters. The van der Waals surface area contributed by atoms with Crippen molar-refractivity contribution in [1.29, 1.82) is 0 Å². The molecule has 1 fully saturated rings. The van der Waals surface area contributed by atoms with Gasteiger partial charge < -0.3 is 14.6 Å². The molecular weight excluding hydrogens is 367 g/mol. The molecule has 0 radical (unpaired) electrons. The summed E-state index contributed by atoms with van der Waals surface area (Å²) in [7, 11) is 1.72. The van der Waals surface area contributed by atoms with Crippen LogP contribution in [0.2, 0.25) is 5.02 Å². The number of nitrogens with one attached hydrogen (secondary N) is 1. The van der Waals surface area contributed by atoms with Crippen molar-refractivity contribution >= 4 is 28.1 Å². The number of benzene rings is 2. The van der Waals surface area contributed by atoms with Crippen LogP contribution in [0.1, 0.15) is 17.5 Å². The molecule has 6 heteroatoms. The third-order valence-electron chi connectivity index (χ3n) is 5.31. The van der Waals surface area contributed by atoms with E-state index in [-0.39, 0.29) is 11.4 Å². The van der Waals surface area contributed by atoms with Gasteiger partial charge in [-0.25, -0.2) is 4.39 Å². The Morgan fingerprint density at radius 1 is 1.26 bits per heavy atom. The van der Waals surface area contributed by atoms with Crippen molar-refractivity contribution in [3.63, 3.8) is 0 Å². The predicted molar refractivity (Wildman–Crippen MR) is 106 cm³/mol. The summed E-state index contributed by atoms with van der Waals surface area (Å²) in [6, 6.07) is 10.5. The highest BCUT2D eigenvalue weighted by Gasteiger charge is 2.40. The van der Waals surface area contributed by atoms with Crippen LogP contribution in [0.4, 0.5) is 10.1 Å². The van der Waals surface area contributed by atoms with Crippen LogP contribution in [-0.2, 0) is 17.3 Å². The van der Waals surface area contributed by atoms with E-state index >= 15 is 0 Å². The Balaban J connectivity index is 1.84. The lowest BCUT2D eigenvalue weighted by Gasteiger charge is -2.32. The van der Waals surface area contributed by atoms with E-state index in [0.29, 0.717) is 41.2 Å². The molecular formula is C21H20ClFN2O2. The van der Waals surface area contributed by atoms with Crippen LogP contribution in [0.25, 0.3) is 10.8 Å². The van der Waals surface area contributed by atoms with E-state index in [1.54, 1.807) is 23.9 Å². The van der Waals surface area contributed by atoms with Gasteiger partial charge in [0.25, 0.3) is 5.56 Å². The van der Waals surface area contributed by atoms with Gasteiger partial charge in [0.1, 0.15) is 5.82 Å². The zero-order valence-electron chi connectivity index (χ0n) is 15.2. The maximum atomic E-state index is 14.8. The molecule has 1 aliphatic rings. The first-order valence-corrected chi connectivity index (χ1v) is 9.19. The average Bonchev–Trinajstić information content (AvgIpc) is 3.11. The zero-order chi connectivity index (χ0) is 19.2. The van der Waals surface area contributed by atoms with E-state index in [1.165, 1.54) is 6.07 Å². The topological polar surface area (TPSA) is 43.3 Å². The number of halogens is 2. The van der Waals surface area contributed by atoms with Gasteiger partial charge in [-0.1, -0.05) is 17.7 Å². The van der Waals surface area contributed by atoms with Gasteiger partial charge in [-0.05, 0) is 48.2 Å². The van der Waals surface area contributed by atoms with Crippen LogP contribution in [0, 0.1) is 12.7 Å². The second kappa shape index (κ2) is 6.66. The fourth-order valence-electron chi connectivity index (χ4n) is 3.85. The highest BCUT2D eigenvalue weighted by Crippen LogP contribution is 2.39. The van der Waals surface area contributed by atoms with Gasteiger partial charge in [0, 0.05) is 47.9 Å². The quantitative estimate of drug-likeness (QED) is 0.727. The molecule has 0 aliphatic carbocycles. The number of aryl methyl sites for hydroxylation is 1. The smallest absolute Gasteiger partial charge is 0.258 e. The van der Waals surface area contributed by atoms with Gasteiger partial charge in [-0.15, -0.1) is 0 Å². The molecule has 0 bridgehead atoms. The normalized spacial score (nSPS) is 19.6. The Hall–Kier alpha value is -2.37. The SMILES string of the molecule is Cc1c(Cl)ccc(F)c1[C@@]1(Nc2ccc3ccn(C)c(=O)c3c2)CCOC1. The van der Waals surface area contributed by atoms with Crippen LogP contribution in [0.5, 0.6) is 0 Å². The molecule has 1 saturated heterocycles. The minimum Gasteiger partial charge on any atom is -0.379 e. The molecule has 2 heterocycles. The third-order valence-corrected chi connectivity index (χ3v) is 5.72. The standard InChI is InChI=1S/C21H20ClFN2O2/c1-13-17(22)5-6-18(23)19(13)21(8-10-27-12-21)24-15-4-3-14-7-9-25(2)20(26)16(14)11-15/h3-7,9,11,24H,8,10,12H2,1-2H3/t21-/m1/s1. The van der Waals surface area contributed by atoms with Gasteiger partial charge in [0.2, 0.25) is 0 Å². The number of ether oxygens (including phenoxy) is 1. The number of anilines is 1. The molecule has 0 saturated carbocycles. The average molecular weight is 387 g/mol. The predicted octanol–water partition coefficient (Wildman–Crippen LogP) is 4.37. The lowest BCUT2D eigenvalue weighted by molar-refractivity contribution is 0.181. The minimum atomic E-state index is -0.729. The minimum absolute atomic E-state index is 0.0713. The summed E-state index contributed by atoms with van der Waals surface area (Å²) in [4.78, 5) is 12.5. The Morgan fingerprint density at radius 3 is 2.81 bits per heavy atom. The molecule has 4 rings (SSSR count). The molecule has 1 aromatic heterocycles. The van der Waals surface area contributed by atoms with E-state index in [1.807, 2.05) is 31.2 Å². The van der Waals surface area contributed by atoms with Crippen LogP contribution >= 0.6 is 11.6 Å². The van der Waals surface area contributed by atoms with Gasteiger partial charge in [0.05, 0.1) is 12.1 Å². The van der Waals surface area contributed by atoms with E-state index < -0.39 is 5.54 Å². The third kappa shape index (κ3) is 3.01. The van der Waals surface area contributed by atoms with Gasteiger partial charge in [0.15, 0.2) is 0 Å². The molecule has 1 N–H and O–H groups in total. The molecule has 1 aliphatic heterocycles. The molecule has 2 aromatic carbocycles. The van der Waals surface area contributed by atoms with Crippen molar-refractivity contribution in [1.82, 2.24) is 4.57 Å². The summed E-state index contributed by atoms with van der Waals surface area (Å²) in [5, 5.41) is 5.45. The second-order valence-electron chi connectivity index (χ2n) is 7.07. The number of pyridine rings is 1. The fourth-order valence-corrected chi connectivity index (χ4v) is 4.01. The Labute approximate surface area is 161 Å². The van der Waals surface area contributed by atoms with Crippen LogP contribution in [0.15, 0.2) is 47.4 Å². The Morgan fingerprint density at radius 2 is 2.07 bits per heavy atom. The molecule has 0 amide bonds. The van der Waals surface area contributed by atoms with Crippen LogP contribution in [-0.4, -0.2) is 17.8 Å². The lowest BCUT2D eigenvalue weighted by atomic mass is 9.85. The van der Waals surface area contributed by atoms with Gasteiger partial charge in [-0.3, -0.25) is 4.79 Å². The van der Waals surface area contributed by atoms with Crippen LogP contribution < -0.4 is 10.9 Å². The second-order valence-corrected chi connectivity index (χ2v) is 7.48. The van der Waals surface area contributed by atoms with Gasteiger partial charge in [-0.2, -0.15) is 0 Å². The molecule has 1 atom stereocenters. The maximum absolute atomic E-state index is 14.8. The van der Waals surface area contributed by atoms with Crippen molar-refractivity contribution in [3.05, 3.63) is 74.9 Å². The number of aromatic nitrogens is 1. The fraction of sp³-hybridized carbons (Fsp3) is 0.286. The zero-order valence-corrected chi connectivity index (χ0v) is 15.9. The molecule has 0 spiro atoms. The molecule has 27 heavy (non-hydrogen) atoms. The van der Waals surface area contributed by atoms with E-state index in [4.69, 9.17) is 16.3 Å². The molecule has 140 valence electrons. The van der Waals surface area contributed by atoms with Crippen LogP contribution in [0.3, 0.4) is 0 Å². The largest absolute Gasteiger partial charge is 0.379 e. The van der Waals surface area contributed by atoms with E-state index in [2.05, 4.69) is 5.32 Å². The highest BCUT2D eigenvalue weighted by atomic mass is 35.5. The monoisotopic (exact) mass is 386 g/mol.